The van der Waals surface area contributed by atoms with E-state index in [1.165, 1.54) is 58.0 Å². The summed E-state index contributed by atoms with van der Waals surface area (Å²) in [5.41, 5.74) is 0. The molecule has 2 nitrogen and oxygen atoms in total. The van der Waals surface area contributed by atoms with Gasteiger partial charge in [0.05, 0.1) is 0 Å². The summed E-state index contributed by atoms with van der Waals surface area (Å²) in [6.45, 7) is 9.10. The van der Waals surface area contributed by atoms with Gasteiger partial charge in [0.15, 0.2) is 0 Å². The van der Waals surface area contributed by atoms with Gasteiger partial charge in [0.1, 0.15) is 0 Å². The molecule has 19 heavy (non-hydrogen) atoms. The minimum Gasteiger partial charge on any atom is -0.381 e. The fourth-order valence-electron chi connectivity index (χ4n) is 4.17. The lowest BCUT2D eigenvalue weighted by molar-refractivity contribution is 0.0140. The summed E-state index contributed by atoms with van der Waals surface area (Å²) in [5.74, 6) is 3.83. The van der Waals surface area contributed by atoms with Crippen molar-refractivity contribution in [3.05, 3.63) is 0 Å². The predicted octanol–water partition coefficient (Wildman–Crippen LogP) is 3.86. The Kier molecular flexibility index (Phi) is 6.66. The largest absolute Gasteiger partial charge is 0.381 e. The van der Waals surface area contributed by atoms with Crippen molar-refractivity contribution in [2.75, 3.05) is 26.3 Å². The standard InChI is InChI=1S/C17H33NO/c1-3-9-18-13-16-6-5-14(4-2)12-17(16)15-7-10-19-11-8-15/h14-18H,3-13H2,1-2H3. The van der Waals surface area contributed by atoms with E-state index in [4.69, 9.17) is 4.74 Å². The molecule has 0 aromatic rings. The quantitative estimate of drug-likeness (QED) is 0.738. The van der Waals surface area contributed by atoms with Gasteiger partial charge in [0.25, 0.3) is 0 Å². The highest BCUT2D eigenvalue weighted by atomic mass is 16.5. The molecule has 0 spiro atoms. The molecule has 1 saturated carbocycles. The van der Waals surface area contributed by atoms with Crippen LogP contribution >= 0.6 is 0 Å². The van der Waals surface area contributed by atoms with Crippen LogP contribution in [0.15, 0.2) is 0 Å². The van der Waals surface area contributed by atoms with Gasteiger partial charge in [-0.15, -0.1) is 0 Å². The zero-order valence-electron chi connectivity index (χ0n) is 13.0. The minimum atomic E-state index is 0.928. The van der Waals surface area contributed by atoms with E-state index in [0.29, 0.717) is 0 Å². The molecule has 0 aromatic heterocycles. The highest BCUT2D eigenvalue weighted by Crippen LogP contribution is 2.42. The Balaban J connectivity index is 1.90. The Labute approximate surface area is 119 Å². The molecule has 1 N–H and O–H groups in total. The van der Waals surface area contributed by atoms with Crippen molar-refractivity contribution in [2.24, 2.45) is 23.7 Å². The molecule has 112 valence electrons. The van der Waals surface area contributed by atoms with Gasteiger partial charge >= 0.3 is 0 Å². The maximum Gasteiger partial charge on any atom is 0.0468 e. The van der Waals surface area contributed by atoms with Crippen LogP contribution < -0.4 is 5.32 Å². The molecule has 1 aliphatic heterocycles. The van der Waals surface area contributed by atoms with E-state index in [-0.39, 0.29) is 0 Å². The zero-order chi connectivity index (χ0) is 13.5. The predicted molar refractivity (Wildman–Crippen MR) is 81.3 cm³/mol. The molecule has 3 unspecified atom stereocenters. The topological polar surface area (TPSA) is 21.3 Å². The van der Waals surface area contributed by atoms with E-state index in [1.807, 2.05) is 0 Å². The second kappa shape index (κ2) is 8.26. The summed E-state index contributed by atoms with van der Waals surface area (Å²) in [6, 6.07) is 0. The van der Waals surface area contributed by atoms with Gasteiger partial charge in [-0.2, -0.15) is 0 Å². The third kappa shape index (κ3) is 4.46. The number of ether oxygens (including phenoxy) is 1. The first-order chi connectivity index (χ1) is 9.35. The molecule has 0 radical (unpaired) electrons. The average molecular weight is 267 g/mol. The van der Waals surface area contributed by atoms with Crippen molar-refractivity contribution in [1.82, 2.24) is 5.32 Å². The van der Waals surface area contributed by atoms with Crippen molar-refractivity contribution in [3.8, 4) is 0 Å². The second-order valence-corrected chi connectivity index (χ2v) is 6.67. The molecule has 0 bridgehead atoms. The summed E-state index contributed by atoms with van der Waals surface area (Å²) >= 11 is 0. The molecule has 2 aliphatic rings. The van der Waals surface area contributed by atoms with E-state index >= 15 is 0 Å². The Hall–Kier alpha value is -0.0800. The van der Waals surface area contributed by atoms with E-state index < -0.39 is 0 Å². The number of hydrogen-bond acceptors (Lipinski definition) is 2. The van der Waals surface area contributed by atoms with Crippen LogP contribution in [-0.2, 0) is 4.74 Å². The third-order valence-corrected chi connectivity index (χ3v) is 5.44. The molecule has 2 fully saturated rings. The van der Waals surface area contributed by atoms with Gasteiger partial charge in [-0.25, -0.2) is 0 Å². The van der Waals surface area contributed by atoms with Crippen molar-refractivity contribution >= 4 is 0 Å². The van der Waals surface area contributed by atoms with Crippen LogP contribution in [0.25, 0.3) is 0 Å². The highest BCUT2D eigenvalue weighted by Gasteiger charge is 2.35. The van der Waals surface area contributed by atoms with Crippen molar-refractivity contribution in [1.29, 1.82) is 0 Å². The summed E-state index contributed by atoms with van der Waals surface area (Å²) in [7, 11) is 0. The van der Waals surface area contributed by atoms with Crippen LogP contribution in [0.5, 0.6) is 0 Å². The molecule has 0 amide bonds. The van der Waals surface area contributed by atoms with E-state index in [9.17, 15) is 0 Å². The van der Waals surface area contributed by atoms with Crippen LogP contribution in [0, 0.1) is 23.7 Å². The van der Waals surface area contributed by atoms with Crippen molar-refractivity contribution in [3.63, 3.8) is 0 Å². The van der Waals surface area contributed by atoms with Gasteiger partial charge in [0, 0.05) is 13.2 Å². The SMILES string of the molecule is CCCNCC1CCC(CC)CC1C1CCOCC1. The Bertz CT molecular complexity index is 235. The van der Waals surface area contributed by atoms with Crippen LogP contribution in [-0.4, -0.2) is 26.3 Å². The lowest BCUT2D eigenvalue weighted by Crippen LogP contribution is -2.38. The Morgan fingerprint density at radius 3 is 2.53 bits per heavy atom. The van der Waals surface area contributed by atoms with Gasteiger partial charge in [-0.3, -0.25) is 0 Å². The first-order valence-electron chi connectivity index (χ1n) is 8.63. The molecule has 1 saturated heterocycles. The van der Waals surface area contributed by atoms with E-state index in [0.717, 1.165) is 36.9 Å². The maximum absolute atomic E-state index is 5.56. The number of nitrogens with one attached hydrogen (secondary N) is 1. The molecular weight excluding hydrogens is 234 g/mol. The number of rotatable bonds is 6. The monoisotopic (exact) mass is 267 g/mol. The smallest absolute Gasteiger partial charge is 0.0468 e. The fraction of sp³-hybridized carbons (Fsp3) is 1.00. The van der Waals surface area contributed by atoms with Crippen molar-refractivity contribution in [2.45, 2.75) is 58.8 Å². The van der Waals surface area contributed by atoms with Gasteiger partial charge in [-0.05, 0) is 68.9 Å². The zero-order valence-corrected chi connectivity index (χ0v) is 13.0. The summed E-state index contributed by atoms with van der Waals surface area (Å²) < 4.78 is 5.56. The first-order valence-corrected chi connectivity index (χ1v) is 8.63. The van der Waals surface area contributed by atoms with Crippen LogP contribution in [0.4, 0.5) is 0 Å². The molecule has 2 heteroatoms. The molecule has 0 aromatic carbocycles. The summed E-state index contributed by atoms with van der Waals surface area (Å²) in [4.78, 5) is 0. The van der Waals surface area contributed by atoms with Gasteiger partial charge in [-0.1, -0.05) is 26.7 Å². The lowest BCUT2D eigenvalue weighted by atomic mass is 9.66. The van der Waals surface area contributed by atoms with Crippen LogP contribution in [0.3, 0.4) is 0 Å². The number of hydrogen-bond donors (Lipinski definition) is 1. The maximum atomic E-state index is 5.56. The third-order valence-electron chi connectivity index (χ3n) is 5.44. The minimum absolute atomic E-state index is 0.928. The van der Waals surface area contributed by atoms with Gasteiger partial charge in [0.2, 0.25) is 0 Å². The van der Waals surface area contributed by atoms with E-state index in [2.05, 4.69) is 19.2 Å². The molecule has 1 heterocycles. The molecular formula is C17H33NO. The fourth-order valence-corrected chi connectivity index (χ4v) is 4.17. The lowest BCUT2D eigenvalue weighted by Gasteiger charge is -2.42. The molecule has 1 aliphatic carbocycles. The Morgan fingerprint density at radius 1 is 1.05 bits per heavy atom. The molecule has 2 rings (SSSR count). The summed E-state index contributed by atoms with van der Waals surface area (Å²) in [6.07, 6.45) is 9.67. The highest BCUT2D eigenvalue weighted by molar-refractivity contribution is 4.86. The Morgan fingerprint density at radius 2 is 1.84 bits per heavy atom. The first kappa shape index (κ1) is 15.3. The summed E-state index contributed by atoms with van der Waals surface area (Å²) in [5, 5.41) is 3.68. The normalized spacial score (nSPS) is 33.5. The van der Waals surface area contributed by atoms with Crippen LogP contribution in [0.2, 0.25) is 0 Å². The van der Waals surface area contributed by atoms with Crippen molar-refractivity contribution < 1.29 is 4.74 Å². The second-order valence-electron chi connectivity index (χ2n) is 6.67. The average Bonchev–Trinajstić information content (AvgIpc) is 2.48. The van der Waals surface area contributed by atoms with Gasteiger partial charge < -0.3 is 10.1 Å². The van der Waals surface area contributed by atoms with Crippen LogP contribution in [0.1, 0.15) is 58.8 Å². The van der Waals surface area contributed by atoms with E-state index in [1.54, 1.807) is 0 Å². The molecule has 3 atom stereocenters.